The SMILES string of the molecule is CC(=O)N(CCNC(=O)CCOc1ccccc1)c1cc(Cl)ccc1C. The zero-order valence-electron chi connectivity index (χ0n) is 15.0. The van der Waals surface area contributed by atoms with Crippen LogP contribution in [0.15, 0.2) is 48.5 Å². The van der Waals surface area contributed by atoms with Crippen molar-refractivity contribution in [2.45, 2.75) is 20.3 Å². The second-order valence-corrected chi connectivity index (χ2v) is 6.30. The molecule has 2 rings (SSSR count). The number of carbonyl (C=O) groups is 2. The molecule has 0 aliphatic heterocycles. The maximum atomic E-state index is 12.0. The van der Waals surface area contributed by atoms with Gasteiger partial charge in [-0.15, -0.1) is 0 Å². The van der Waals surface area contributed by atoms with Crippen LogP contribution < -0.4 is 15.0 Å². The van der Waals surface area contributed by atoms with Gasteiger partial charge in [0.25, 0.3) is 0 Å². The molecule has 0 heterocycles. The normalized spacial score (nSPS) is 10.3. The summed E-state index contributed by atoms with van der Waals surface area (Å²) in [5.74, 6) is 0.517. The van der Waals surface area contributed by atoms with Crippen molar-refractivity contribution in [1.82, 2.24) is 5.32 Å². The molecule has 138 valence electrons. The topological polar surface area (TPSA) is 58.6 Å². The summed E-state index contributed by atoms with van der Waals surface area (Å²) in [7, 11) is 0. The first kappa shape index (κ1) is 19.8. The van der Waals surface area contributed by atoms with Crippen LogP contribution in [-0.4, -0.2) is 31.5 Å². The third-order valence-corrected chi connectivity index (χ3v) is 4.08. The molecule has 0 saturated heterocycles. The second kappa shape index (κ2) is 9.82. The van der Waals surface area contributed by atoms with Crippen LogP contribution in [0.5, 0.6) is 5.75 Å². The van der Waals surface area contributed by atoms with E-state index in [-0.39, 0.29) is 18.2 Å². The van der Waals surface area contributed by atoms with E-state index in [1.54, 1.807) is 17.0 Å². The molecular weight excluding hydrogens is 352 g/mol. The van der Waals surface area contributed by atoms with Crippen LogP contribution in [0.4, 0.5) is 5.69 Å². The van der Waals surface area contributed by atoms with Crippen molar-refractivity contribution < 1.29 is 14.3 Å². The van der Waals surface area contributed by atoms with E-state index < -0.39 is 0 Å². The van der Waals surface area contributed by atoms with Crippen molar-refractivity contribution in [2.24, 2.45) is 0 Å². The maximum absolute atomic E-state index is 12.0. The summed E-state index contributed by atoms with van der Waals surface area (Å²) in [5.41, 5.74) is 1.71. The maximum Gasteiger partial charge on any atom is 0.223 e. The van der Waals surface area contributed by atoms with Gasteiger partial charge < -0.3 is 15.0 Å². The van der Waals surface area contributed by atoms with E-state index in [0.717, 1.165) is 17.0 Å². The molecule has 0 spiro atoms. The van der Waals surface area contributed by atoms with Crippen LogP contribution in [-0.2, 0) is 9.59 Å². The molecule has 0 aromatic heterocycles. The number of para-hydroxylation sites is 1. The summed E-state index contributed by atoms with van der Waals surface area (Å²) in [4.78, 5) is 25.5. The molecule has 1 N–H and O–H groups in total. The number of aryl methyl sites for hydroxylation is 1. The van der Waals surface area contributed by atoms with Crippen LogP contribution >= 0.6 is 11.6 Å². The zero-order valence-corrected chi connectivity index (χ0v) is 15.8. The predicted octanol–water partition coefficient (Wildman–Crippen LogP) is 3.59. The Morgan fingerprint density at radius 1 is 1.15 bits per heavy atom. The molecule has 0 bridgehead atoms. The molecule has 2 aromatic rings. The molecule has 0 aliphatic carbocycles. The minimum absolute atomic E-state index is 0.1000. The first-order chi connectivity index (χ1) is 12.5. The highest BCUT2D eigenvalue weighted by atomic mass is 35.5. The van der Waals surface area contributed by atoms with E-state index in [1.165, 1.54) is 6.92 Å². The van der Waals surface area contributed by atoms with Crippen LogP contribution in [0.3, 0.4) is 0 Å². The number of amides is 2. The molecule has 5 nitrogen and oxygen atoms in total. The van der Waals surface area contributed by atoms with E-state index in [2.05, 4.69) is 5.32 Å². The Labute approximate surface area is 158 Å². The molecule has 26 heavy (non-hydrogen) atoms. The molecule has 0 unspecified atom stereocenters. The van der Waals surface area contributed by atoms with Crippen LogP contribution in [0.1, 0.15) is 18.9 Å². The molecule has 2 aromatic carbocycles. The average Bonchev–Trinajstić information content (AvgIpc) is 2.62. The Morgan fingerprint density at radius 2 is 1.88 bits per heavy atom. The van der Waals surface area contributed by atoms with Crippen molar-refractivity contribution >= 4 is 29.1 Å². The molecule has 0 atom stereocenters. The Bertz CT molecular complexity index is 750. The summed E-state index contributed by atoms with van der Waals surface area (Å²) < 4.78 is 5.50. The Kier molecular flexibility index (Phi) is 7.48. The monoisotopic (exact) mass is 374 g/mol. The molecule has 0 radical (unpaired) electrons. The van der Waals surface area contributed by atoms with E-state index >= 15 is 0 Å². The molecule has 0 aliphatic rings. The lowest BCUT2D eigenvalue weighted by Gasteiger charge is -2.23. The zero-order chi connectivity index (χ0) is 18.9. The van der Waals surface area contributed by atoms with Gasteiger partial charge in [0.1, 0.15) is 5.75 Å². The van der Waals surface area contributed by atoms with Gasteiger partial charge in [0.2, 0.25) is 11.8 Å². The van der Waals surface area contributed by atoms with Crippen molar-refractivity contribution in [2.75, 3.05) is 24.6 Å². The quantitative estimate of drug-likeness (QED) is 0.768. The number of carbonyl (C=O) groups excluding carboxylic acids is 2. The first-order valence-corrected chi connectivity index (χ1v) is 8.84. The minimum Gasteiger partial charge on any atom is -0.493 e. The number of hydrogen-bond donors (Lipinski definition) is 1. The number of anilines is 1. The molecule has 0 saturated carbocycles. The fourth-order valence-electron chi connectivity index (χ4n) is 2.49. The van der Waals surface area contributed by atoms with Gasteiger partial charge >= 0.3 is 0 Å². The van der Waals surface area contributed by atoms with Crippen molar-refractivity contribution in [3.8, 4) is 5.75 Å². The summed E-state index contributed by atoms with van der Waals surface area (Å²) in [6.45, 7) is 4.45. The largest absolute Gasteiger partial charge is 0.493 e. The lowest BCUT2D eigenvalue weighted by molar-refractivity contribution is -0.122. The highest BCUT2D eigenvalue weighted by Gasteiger charge is 2.14. The van der Waals surface area contributed by atoms with Gasteiger partial charge in [0.15, 0.2) is 0 Å². The van der Waals surface area contributed by atoms with Gasteiger partial charge in [-0.3, -0.25) is 9.59 Å². The number of benzene rings is 2. The standard InChI is InChI=1S/C20H23ClN2O3/c1-15-8-9-17(21)14-19(15)23(16(2)24)12-11-22-20(25)10-13-26-18-6-4-3-5-7-18/h3-9,14H,10-13H2,1-2H3,(H,22,25). The highest BCUT2D eigenvalue weighted by molar-refractivity contribution is 6.31. The van der Waals surface area contributed by atoms with E-state index in [0.29, 0.717) is 24.7 Å². The lowest BCUT2D eigenvalue weighted by Crippen LogP contribution is -2.38. The minimum atomic E-state index is -0.118. The van der Waals surface area contributed by atoms with E-state index in [9.17, 15) is 9.59 Å². The number of nitrogens with zero attached hydrogens (tertiary/aromatic N) is 1. The van der Waals surface area contributed by atoms with Gasteiger partial charge in [-0.05, 0) is 36.8 Å². The average molecular weight is 375 g/mol. The molecule has 0 fully saturated rings. The fraction of sp³-hybridized carbons (Fsp3) is 0.300. The summed E-state index contributed by atoms with van der Waals surface area (Å²) in [5, 5.41) is 3.38. The summed E-state index contributed by atoms with van der Waals surface area (Å²) in [6.07, 6.45) is 0.255. The number of halogens is 1. The Hall–Kier alpha value is -2.53. The van der Waals surface area contributed by atoms with Gasteiger partial charge in [0, 0.05) is 30.7 Å². The number of ether oxygens (including phenoxy) is 1. The highest BCUT2D eigenvalue weighted by Crippen LogP contribution is 2.24. The number of rotatable bonds is 8. The molecule has 6 heteroatoms. The Balaban J connectivity index is 1.79. The van der Waals surface area contributed by atoms with Gasteiger partial charge in [-0.25, -0.2) is 0 Å². The fourth-order valence-corrected chi connectivity index (χ4v) is 2.66. The summed E-state index contributed by atoms with van der Waals surface area (Å²) >= 11 is 6.04. The second-order valence-electron chi connectivity index (χ2n) is 5.86. The van der Waals surface area contributed by atoms with Crippen LogP contribution in [0, 0.1) is 6.92 Å². The van der Waals surface area contributed by atoms with E-state index in [4.69, 9.17) is 16.3 Å². The van der Waals surface area contributed by atoms with E-state index in [1.807, 2.05) is 43.3 Å². The first-order valence-electron chi connectivity index (χ1n) is 8.46. The predicted molar refractivity (Wildman–Crippen MR) is 104 cm³/mol. The van der Waals surface area contributed by atoms with Crippen molar-refractivity contribution in [3.05, 3.63) is 59.1 Å². The van der Waals surface area contributed by atoms with Crippen molar-refractivity contribution in [3.63, 3.8) is 0 Å². The smallest absolute Gasteiger partial charge is 0.223 e. The van der Waals surface area contributed by atoms with Gasteiger partial charge in [0.05, 0.1) is 13.0 Å². The third kappa shape index (κ3) is 6.08. The lowest BCUT2D eigenvalue weighted by atomic mass is 10.2. The molecular formula is C20H23ClN2O3. The van der Waals surface area contributed by atoms with Crippen molar-refractivity contribution in [1.29, 1.82) is 0 Å². The number of hydrogen-bond acceptors (Lipinski definition) is 3. The summed E-state index contributed by atoms with van der Waals surface area (Å²) in [6, 6.07) is 14.8. The third-order valence-electron chi connectivity index (χ3n) is 3.84. The van der Waals surface area contributed by atoms with Gasteiger partial charge in [-0.1, -0.05) is 35.9 Å². The van der Waals surface area contributed by atoms with Gasteiger partial charge in [-0.2, -0.15) is 0 Å². The molecule has 2 amide bonds. The van der Waals surface area contributed by atoms with Crippen LogP contribution in [0.2, 0.25) is 5.02 Å². The number of nitrogens with one attached hydrogen (secondary N) is 1. The van der Waals surface area contributed by atoms with Crippen LogP contribution in [0.25, 0.3) is 0 Å². The Morgan fingerprint density at radius 3 is 2.58 bits per heavy atom.